The number of aryl methyl sites for hydroxylation is 1. The molecular formula is C33H40N8O3. The molecule has 0 unspecified atom stereocenters. The second kappa shape index (κ2) is 13.7. The molecule has 1 aliphatic rings. The fourth-order valence-electron chi connectivity index (χ4n) is 5.64. The second-order valence-electron chi connectivity index (χ2n) is 11.2. The van der Waals surface area contributed by atoms with Crippen LogP contribution in [0.25, 0.3) is 16.8 Å². The van der Waals surface area contributed by atoms with Crippen molar-refractivity contribution in [2.24, 2.45) is 0 Å². The zero-order valence-electron chi connectivity index (χ0n) is 25.8. The van der Waals surface area contributed by atoms with Gasteiger partial charge in [0.05, 0.1) is 18.7 Å². The van der Waals surface area contributed by atoms with E-state index in [-0.39, 0.29) is 17.9 Å². The number of nitrogens with two attached hydrogens (primary N) is 1. The third kappa shape index (κ3) is 6.57. The number of benzene rings is 1. The van der Waals surface area contributed by atoms with Crippen LogP contribution in [0.2, 0.25) is 0 Å². The van der Waals surface area contributed by atoms with E-state index in [4.69, 9.17) is 15.5 Å². The standard InChI is InChI=1S/C33H40N8O3/c1-5-9-22-14-15-35-27(20-22)37-33(43)24-13-12-23(21-26(24)44-4)29-30-31(34)36-16-19-41(30)32(38-29)25-10-6-7-18-40(25)28(42)11-8-17-39(2)3/h8,11-16,19-21,25H,5-7,9-10,17-18H2,1-4H3,(H2,34,36)(H,35,37,43)/t25-/m0/s1. The van der Waals surface area contributed by atoms with E-state index in [2.05, 4.69) is 22.2 Å². The van der Waals surface area contributed by atoms with Gasteiger partial charge in [0.15, 0.2) is 0 Å². The molecule has 0 aliphatic carbocycles. The highest BCUT2D eigenvalue weighted by Gasteiger charge is 2.32. The number of rotatable bonds is 10. The maximum atomic E-state index is 13.3. The summed E-state index contributed by atoms with van der Waals surface area (Å²) in [5.41, 5.74) is 9.85. The average Bonchev–Trinajstić information content (AvgIpc) is 3.41. The van der Waals surface area contributed by atoms with Crippen molar-refractivity contribution >= 4 is 29.0 Å². The fraction of sp³-hybridized carbons (Fsp3) is 0.364. The van der Waals surface area contributed by atoms with E-state index < -0.39 is 0 Å². The summed E-state index contributed by atoms with van der Waals surface area (Å²) in [6, 6.07) is 8.92. The average molecular weight is 597 g/mol. The first-order valence-electron chi connectivity index (χ1n) is 15.0. The molecule has 3 N–H and O–H groups in total. The van der Waals surface area contributed by atoms with Gasteiger partial charge >= 0.3 is 0 Å². The number of hydrogen-bond donors (Lipinski definition) is 2. The number of nitrogens with one attached hydrogen (secondary N) is 1. The number of likely N-dealkylation sites (N-methyl/N-ethyl adjacent to an activating group) is 1. The lowest BCUT2D eigenvalue weighted by molar-refractivity contribution is -0.130. The summed E-state index contributed by atoms with van der Waals surface area (Å²) >= 11 is 0. The predicted molar refractivity (Wildman–Crippen MR) is 172 cm³/mol. The van der Waals surface area contributed by atoms with E-state index in [9.17, 15) is 9.59 Å². The minimum Gasteiger partial charge on any atom is -0.496 e. The lowest BCUT2D eigenvalue weighted by Crippen LogP contribution is -2.38. The molecule has 5 rings (SSSR count). The van der Waals surface area contributed by atoms with Gasteiger partial charge < -0.3 is 25.6 Å². The number of fused-ring (bicyclic) bond motifs is 1. The lowest BCUT2D eigenvalue weighted by atomic mass is 10.0. The number of nitrogens with zero attached hydrogens (tertiary/aromatic N) is 6. The van der Waals surface area contributed by atoms with E-state index in [1.54, 1.807) is 30.6 Å². The van der Waals surface area contributed by atoms with Crippen molar-refractivity contribution in [3.05, 3.63) is 78.0 Å². The number of methoxy groups -OCH3 is 1. The molecule has 3 aromatic heterocycles. The Kier molecular flexibility index (Phi) is 9.54. The van der Waals surface area contributed by atoms with Crippen molar-refractivity contribution in [2.45, 2.75) is 45.1 Å². The van der Waals surface area contributed by atoms with Gasteiger partial charge in [0, 0.05) is 43.3 Å². The number of anilines is 2. The molecule has 1 aromatic carbocycles. The van der Waals surface area contributed by atoms with Crippen molar-refractivity contribution in [3.8, 4) is 17.0 Å². The van der Waals surface area contributed by atoms with E-state index >= 15 is 0 Å². The summed E-state index contributed by atoms with van der Waals surface area (Å²) in [7, 11) is 5.46. The highest BCUT2D eigenvalue weighted by atomic mass is 16.5. The Bertz CT molecular complexity index is 1680. The molecule has 0 radical (unpaired) electrons. The van der Waals surface area contributed by atoms with Crippen molar-refractivity contribution in [2.75, 3.05) is 45.3 Å². The van der Waals surface area contributed by atoms with Gasteiger partial charge in [-0.05, 0) is 69.6 Å². The number of ether oxygens (including phenoxy) is 1. The SMILES string of the molecule is CCCc1ccnc(NC(=O)c2ccc(-c3nc([C@@H]4CCCCN4C(=O)C=CCN(C)C)n4ccnc(N)c34)cc2OC)c1. The molecule has 1 fully saturated rings. The first-order chi connectivity index (χ1) is 21.3. The molecule has 1 saturated heterocycles. The minimum absolute atomic E-state index is 0.0383. The van der Waals surface area contributed by atoms with E-state index in [1.807, 2.05) is 58.8 Å². The number of piperidine rings is 1. The van der Waals surface area contributed by atoms with Crippen LogP contribution in [0.1, 0.15) is 60.4 Å². The molecule has 44 heavy (non-hydrogen) atoms. The van der Waals surface area contributed by atoms with Crippen LogP contribution in [0.15, 0.2) is 61.1 Å². The van der Waals surface area contributed by atoms with Crippen LogP contribution in [0.5, 0.6) is 5.75 Å². The topological polar surface area (TPSA) is 131 Å². The van der Waals surface area contributed by atoms with Crippen LogP contribution in [0, 0.1) is 0 Å². The molecule has 0 bridgehead atoms. The van der Waals surface area contributed by atoms with Crippen LogP contribution in [0.3, 0.4) is 0 Å². The zero-order chi connectivity index (χ0) is 31.2. The number of nitrogen functional groups attached to an aromatic ring is 1. The Balaban J connectivity index is 1.50. The second-order valence-corrected chi connectivity index (χ2v) is 11.2. The highest BCUT2D eigenvalue weighted by Crippen LogP contribution is 2.37. The van der Waals surface area contributed by atoms with Crippen molar-refractivity contribution in [3.63, 3.8) is 0 Å². The Morgan fingerprint density at radius 3 is 2.77 bits per heavy atom. The van der Waals surface area contributed by atoms with E-state index in [0.717, 1.165) is 43.5 Å². The predicted octanol–water partition coefficient (Wildman–Crippen LogP) is 4.76. The molecule has 1 atom stereocenters. The molecule has 11 heteroatoms. The van der Waals surface area contributed by atoms with Crippen molar-refractivity contribution < 1.29 is 14.3 Å². The zero-order valence-corrected chi connectivity index (χ0v) is 25.8. The third-order valence-electron chi connectivity index (χ3n) is 7.75. The van der Waals surface area contributed by atoms with Crippen LogP contribution in [-0.2, 0) is 11.2 Å². The number of hydrogen-bond acceptors (Lipinski definition) is 8. The quantitative estimate of drug-likeness (QED) is 0.251. The fourth-order valence-corrected chi connectivity index (χ4v) is 5.64. The highest BCUT2D eigenvalue weighted by molar-refractivity contribution is 6.06. The molecule has 4 heterocycles. The molecule has 2 amide bonds. The van der Waals surface area contributed by atoms with Gasteiger partial charge in [-0.1, -0.05) is 25.5 Å². The normalized spacial score (nSPS) is 15.3. The first-order valence-corrected chi connectivity index (χ1v) is 15.0. The van der Waals surface area contributed by atoms with Gasteiger partial charge in [-0.15, -0.1) is 0 Å². The van der Waals surface area contributed by atoms with E-state index in [0.29, 0.717) is 52.8 Å². The lowest BCUT2D eigenvalue weighted by Gasteiger charge is -2.34. The van der Waals surface area contributed by atoms with Crippen molar-refractivity contribution in [1.29, 1.82) is 0 Å². The number of likely N-dealkylation sites (tertiary alicyclic amines) is 1. The number of carbonyl (C=O) groups is 2. The maximum Gasteiger partial charge on any atom is 0.260 e. The Morgan fingerprint density at radius 1 is 1.16 bits per heavy atom. The third-order valence-corrected chi connectivity index (χ3v) is 7.75. The monoisotopic (exact) mass is 596 g/mol. The summed E-state index contributed by atoms with van der Waals surface area (Å²) in [6.07, 6.45) is 13.3. The van der Waals surface area contributed by atoms with E-state index in [1.165, 1.54) is 7.11 Å². The number of imidazole rings is 1. The summed E-state index contributed by atoms with van der Waals surface area (Å²) in [6.45, 7) is 3.44. The molecule has 230 valence electrons. The van der Waals surface area contributed by atoms with Crippen molar-refractivity contribution in [1.82, 2.24) is 29.2 Å². The van der Waals surface area contributed by atoms with Gasteiger partial charge in [-0.2, -0.15) is 0 Å². The number of aromatic nitrogens is 4. The number of amides is 2. The minimum atomic E-state index is -0.329. The smallest absolute Gasteiger partial charge is 0.260 e. The first kappa shape index (κ1) is 30.7. The largest absolute Gasteiger partial charge is 0.496 e. The Morgan fingerprint density at radius 2 is 2.00 bits per heavy atom. The number of pyridine rings is 1. The number of carbonyl (C=O) groups excluding carboxylic acids is 2. The molecule has 4 aromatic rings. The molecule has 0 spiro atoms. The summed E-state index contributed by atoms with van der Waals surface area (Å²) < 4.78 is 7.60. The van der Waals surface area contributed by atoms with Crippen LogP contribution in [-0.4, -0.2) is 75.3 Å². The Labute approximate surface area is 257 Å². The summed E-state index contributed by atoms with van der Waals surface area (Å²) in [5.74, 6) is 1.54. The van der Waals surface area contributed by atoms with Gasteiger partial charge in [-0.3, -0.25) is 14.0 Å². The van der Waals surface area contributed by atoms with Gasteiger partial charge in [0.25, 0.3) is 5.91 Å². The van der Waals surface area contributed by atoms with Gasteiger partial charge in [0.1, 0.15) is 34.4 Å². The van der Waals surface area contributed by atoms with Gasteiger partial charge in [-0.25, -0.2) is 15.0 Å². The van der Waals surface area contributed by atoms with Crippen LogP contribution < -0.4 is 15.8 Å². The summed E-state index contributed by atoms with van der Waals surface area (Å²) in [5, 5.41) is 2.89. The van der Waals surface area contributed by atoms with Crippen LogP contribution in [0.4, 0.5) is 11.6 Å². The molecule has 11 nitrogen and oxygen atoms in total. The molecular weight excluding hydrogens is 556 g/mol. The summed E-state index contributed by atoms with van der Waals surface area (Å²) in [4.78, 5) is 44.2. The maximum absolute atomic E-state index is 13.3. The Hall–Kier alpha value is -4.77. The van der Waals surface area contributed by atoms with Crippen LogP contribution >= 0.6 is 0 Å². The molecule has 1 aliphatic heterocycles. The van der Waals surface area contributed by atoms with Gasteiger partial charge in [0.2, 0.25) is 5.91 Å². The molecule has 0 saturated carbocycles.